The summed E-state index contributed by atoms with van der Waals surface area (Å²) in [6, 6.07) is 7.23. The van der Waals surface area contributed by atoms with Crippen molar-refractivity contribution in [1.29, 1.82) is 0 Å². The molecule has 6 nitrogen and oxygen atoms in total. The van der Waals surface area contributed by atoms with Crippen molar-refractivity contribution in [3.63, 3.8) is 0 Å². The second kappa shape index (κ2) is 11.9. The Hall–Kier alpha value is -0.870. The lowest BCUT2D eigenvalue weighted by molar-refractivity contribution is 0.346. The summed E-state index contributed by atoms with van der Waals surface area (Å²) in [6.07, 6.45) is 5.25. The van der Waals surface area contributed by atoms with E-state index in [-0.39, 0.29) is 24.0 Å². The molecule has 27 heavy (non-hydrogen) atoms. The molecule has 1 fully saturated rings. The summed E-state index contributed by atoms with van der Waals surface area (Å²) >= 11 is 0. The van der Waals surface area contributed by atoms with Crippen molar-refractivity contribution in [2.24, 2.45) is 4.99 Å². The summed E-state index contributed by atoms with van der Waals surface area (Å²) in [4.78, 5) is 6.78. The van der Waals surface area contributed by atoms with Crippen LogP contribution in [0.15, 0.2) is 34.2 Å². The van der Waals surface area contributed by atoms with E-state index < -0.39 is 10.0 Å². The molecule has 0 bridgehead atoms. The number of rotatable bonds is 7. The van der Waals surface area contributed by atoms with Crippen LogP contribution in [0.1, 0.15) is 44.6 Å². The summed E-state index contributed by atoms with van der Waals surface area (Å²) in [5, 5.41) is 3.32. The quantitative estimate of drug-likeness (QED) is 0.349. The van der Waals surface area contributed by atoms with Gasteiger partial charge in [0.25, 0.3) is 0 Å². The minimum Gasteiger partial charge on any atom is -0.352 e. The lowest BCUT2D eigenvalue weighted by Crippen LogP contribution is -2.39. The number of unbranched alkanes of at least 4 members (excludes halogenated alkanes) is 1. The smallest absolute Gasteiger partial charge is 0.243 e. The first-order valence-corrected chi connectivity index (χ1v) is 10.9. The number of nitrogens with zero attached hydrogens (tertiary/aromatic N) is 3. The Kier molecular flexibility index (Phi) is 10.6. The van der Waals surface area contributed by atoms with E-state index in [1.165, 1.54) is 0 Å². The molecule has 1 aromatic carbocycles. The fraction of sp³-hybridized carbons (Fsp3) is 0.632. The van der Waals surface area contributed by atoms with E-state index in [2.05, 4.69) is 22.1 Å². The van der Waals surface area contributed by atoms with Crippen molar-refractivity contribution in [3.05, 3.63) is 29.8 Å². The Morgan fingerprint density at radius 2 is 1.96 bits per heavy atom. The number of guanidine groups is 1. The van der Waals surface area contributed by atoms with Crippen LogP contribution in [0.2, 0.25) is 0 Å². The Morgan fingerprint density at radius 3 is 2.59 bits per heavy atom. The first-order chi connectivity index (χ1) is 12.5. The van der Waals surface area contributed by atoms with Gasteiger partial charge in [0.2, 0.25) is 10.0 Å². The minimum atomic E-state index is -3.39. The molecule has 1 aliphatic rings. The van der Waals surface area contributed by atoms with E-state index in [0.717, 1.165) is 50.2 Å². The maximum absolute atomic E-state index is 12.8. The van der Waals surface area contributed by atoms with Crippen LogP contribution in [0.4, 0.5) is 0 Å². The molecule has 2 rings (SSSR count). The number of aliphatic imine (C=N–C) groups is 1. The van der Waals surface area contributed by atoms with Crippen LogP contribution in [0, 0.1) is 0 Å². The molecule has 0 unspecified atom stereocenters. The molecular formula is C19H33IN4O2S. The molecule has 0 amide bonds. The number of hydrogen-bond donors (Lipinski definition) is 1. The van der Waals surface area contributed by atoms with Crippen LogP contribution in [0.5, 0.6) is 0 Å². The molecule has 1 heterocycles. The van der Waals surface area contributed by atoms with E-state index in [1.807, 2.05) is 19.2 Å². The molecule has 0 radical (unpaired) electrons. The molecule has 8 heteroatoms. The number of halogens is 1. The molecule has 1 aliphatic heterocycles. The Balaban J connectivity index is 0.00000364. The minimum absolute atomic E-state index is 0. The highest BCUT2D eigenvalue weighted by Gasteiger charge is 2.25. The van der Waals surface area contributed by atoms with Crippen LogP contribution in [0.25, 0.3) is 0 Å². The zero-order valence-corrected chi connectivity index (χ0v) is 19.8. The molecule has 0 aliphatic carbocycles. The highest BCUT2D eigenvalue weighted by molar-refractivity contribution is 14.0. The average Bonchev–Trinajstić information content (AvgIpc) is 2.67. The second-order valence-electron chi connectivity index (χ2n) is 6.79. The predicted octanol–water partition coefficient (Wildman–Crippen LogP) is 3.29. The molecule has 1 aromatic rings. The van der Waals surface area contributed by atoms with E-state index in [0.29, 0.717) is 24.5 Å². The van der Waals surface area contributed by atoms with Crippen molar-refractivity contribution < 1.29 is 8.42 Å². The van der Waals surface area contributed by atoms with E-state index in [9.17, 15) is 8.42 Å². The average molecular weight is 508 g/mol. The molecule has 1 saturated heterocycles. The number of benzene rings is 1. The van der Waals surface area contributed by atoms with Gasteiger partial charge < -0.3 is 10.2 Å². The predicted molar refractivity (Wildman–Crippen MR) is 122 cm³/mol. The van der Waals surface area contributed by atoms with Crippen molar-refractivity contribution in [2.75, 3.05) is 33.7 Å². The third-order valence-electron chi connectivity index (χ3n) is 4.72. The standard InChI is InChI=1S/C19H32N4O2S.HI/c1-4-5-12-22(3)19(20-2)21-16-17-10-9-11-18(15-17)26(24,25)23-13-7-6-8-14-23;/h9-11,15H,4-8,12-14,16H2,1-3H3,(H,20,21);1H. The van der Waals surface area contributed by atoms with Gasteiger partial charge in [-0.2, -0.15) is 4.31 Å². The van der Waals surface area contributed by atoms with Crippen LogP contribution in [0.3, 0.4) is 0 Å². The summed E-state index contributed by atoms with van der Waals surface area (Å²) in [5.41, 5.74) is 0.938. The maximum Gasteiger partial charge on any atom is 0.243 e. The first-order valence-electron chi connectivity index (χ1n) is 9.50. The third kappa shape index (κ3) is 6.90. The molecule has 1 N–H and O–H groups in total. The van der Waals surface area contributed by atoms with Gasteiger partial charge in [-0.1, -0.05) is 31.9 Å². The van der Waals surface area contributed by atoms with Gasteiger partial charge in [-0.3, -0.25) is 4.99 Å². The van der Waals surface area contributed by atoms with Gasteiger partial charge in [0.15, 0.2) is 5.96 Å². The van der Waals surface area contributed by atoms with Gasteiger partial charge in [0.1, 0.15) is 0 Å². The zero-order valence-electron chi connectivity index (χ0n) is 16.6. The van der Waals surface area contributed by atoms with Gasteiger partial charge in [-0.25, -0.2) is 8.42 Å². The summed E-state index contributed by atoms with van der Waals surface area (Å²) in [6.45, 7) is 4.91. The number of sulfonamides is 1. The highest BCUT2D eigenvalue weighted by Crippen LogP contribution is 2.21. The van der Waals surface area contributed by atoms with Crippen molar-refractivity contribution in [3.8, 4) is 0 Å². The van der Waals surface area contributed by atoms with Crippen LogP contribution < -0.4 is 5.32 Å². The Morgan fingerprint density at radius 1 is 1.26 bits per heavy atom. The van der Waals surface area contributed by atoms with Gasteiger partial charge >= 0.3 is 0 Å². The SMILES string of the molecule is CCCCN(C)C(=NC)NCc1cccc(S(=O)(=O)N2CCCCC2)c1.I. The zero-order chi connectivity index (χ0) is 19.0. The Labute approximate surface area is 181 Å². The molecule has 0 saturated carbocycles. The van der Waals surface area contributed by atoms with Crippen LogP contribution in [-0.2, 0) is 16.6 Å². The van der Waals surface area contributed by atoms with Gasteiger partial charge in [0.05, 0.1) is 4.90 Å². The van der Waals surface area contributed by atoms with Crippen molar-refractivity contribution in [2.45, 2.75) is 50.5 Å². The summed E-state index contributed by atoms with van der Waals surface area (Å²) in [7, 11) is 0.390. The van der Waals surface area contributed by atoms with Gasteiger partial charge in [0, 0.05) is 40.3 Å². The van der Waals surface area contributed by atoms with Gasteiger partial charge in [-0.15, -0.1) is 24.0 Å². The van der Waals surface area contributed by atoms with Crippen molar-refractivity contribution in [1.82, 2.24) is 14.5 Å². The van der Waals surface area contributed by atoms with Crippen LogP contribution in [-0.4, -0.2) is 57.3 Å². The molecular weight excluding hydrogens is 475 g/mol. The number of nitrogens with one attached hydrogen (secondary N) is 1. The largest absolute Gasteiger partial charge is 0.352 e. The number of hydrogen-bond acceptors (Lipinski definition) is 3. The maximum atomic E-state index is 12.8. The molecule has 0 aromatic heterocycles. The second-order valence-corrected chi connectivity index (χ2v) is 8.73. The van der Waals surface area contributed by atoms with Gasteiger partial charge in [-0.05, 0) is 37.0 Å². The topological polar surface area (TPSA) is 65.0 Å². The normalized spacial score (nSPS) is 15.9. The Bertz CT molecular complexity index is 703. The monoisotopic (exact) mass is 508 g/mol. The molecule has 154 valence electrons. The third-order valence-corrected chi connectivity index (χ3v) is 6.62. The lowest BCUT2D eigenvalue weighted by atomic mass is 10.2. The summed E-state index contributed by atoms with van der Waals surface area (Å²) < 4.78 is 27.3. The molecule has 0 atom stereocenters. The fourth-order valence-corrected chi connectivity index (χ4v) is 4.73. The van der Waals surface area contributed by atoms with E-state index >= 15 is 0 Å². The van der Waals surface area contributed by atoms with Crippen molar-refractivity contribution >= 4 is 40.0 Å². The summed E-state index contributed by atoms with van der Waals surface area (Å²) in [5.74, 6) is 0.822. The van der Waals surface area contributed by atoms with E-state index in [1.54, 1.807) is 23.5 Å². The first kappa shape index (κ1) is 24.2. The van der Waals surface area contributed by atoms with Crippen LogP contribution >= 0.6 is 24.0 Å². The fourth-order valence-electron chi connectivity index (χ4n) is 3.14. The number of piperidine rings is 1. The lowest BCUT2D eigenvalue weighted by Gasteiger charge is -2.26. The van der Waals surface area contributed by atoms with E-state index in [4.69, 9.17) is 0 Å². The highest BCUT2D eigenvalue weighted by atomic mass is 127. The molecule has 0 spiro atoms.